The summed E-state index contributed by atoms with van der Waals surface area (Å²) in [6.07, 6.45) is -7.95. The first-order chi connectivity index (χ1) is 11.1. The maximum Gasteiger partial charge on any atom is 0.416 e. The van der Waals surface area contributed by atoms with Gasteiger partial charge >= 0.3 is 12.4 Å². The topological polar surface area (TPSA) is 67.6 Å². The van der Waals surface area contributed by atoms with Crippen LogP contribution in [0.2, 0.25) is 0 Å². The second kappa shape index (κ2) is 6.80. The molecular formula is C14H14F6N4. The highest BCUT2D eigenvalue weighted by molar-refractivity contribution is 5.58. The van der Waals surface area contributed by atoms with E-state index in [0.717, 1.165) is 6.42 Å². The van der Waals surface area contributed by atoms with Crippen LogP contribution in [0.25, 0.3) is 11.4 Å². The number of hydrogen-bond donors (Lipinski definition) is 2. The first-order valence-electron chi connectivity index (χ1n) is 7.02. The number of unbranched alkanes of at least 4 members (excludes halogenated alkanes) is 1. The molecule has 10 heteroatoms. The third-order valence-electron chi connectivity index (χ3n) is 3.26. The summed E-state index contributed by atoms with van der Waals surface area (Å²) in [4.78, 5) is 2.65. The van der Waals surface area contributed by atoms with Gasteiger partial charge in [0.15, 0.2) is 5.82 Å². The number of aromatic amines is 1. The van der Waals surface area contributed by atoms with Crippen LogP contribution in [-0.2, 0) is 18.8 Å². The summed E-state index contributed by atoms with van der Waals surface area (Å²) in [5, 5.41) is 7.38. The molecule has 0 amide bonds. The first-order valence-corrected chi connectivity index (χ1v) is 7.02. The number of aryl methyl sites for hydroxylation is 1. The second-order valence-corrected chi connectivity index (χ2v) is 5.16. The number of nitrogens with two attached hydrogens (primary N) is 1. The van der Waals surface area contributed by atoms with E-state index < -0.39 is 23.5 Å². The molecule has 2 aromatic rings. The largest absolute Gasteiger partial charge is 0.416 e. The molecule has 3 N–H and O–H groups in total. The second-order valence-electron chi connectivity index (χ2n) is 5.16. The van der Waals surface area contributed by atoms with Crippen molar-refractivity contribution < 1.29 is 26.3 Å². The van der Waals surface area contributed by atoms with Crippen molar-refractivity contribution in [1.82, 2.24) is 15.2 Å². The van der Waals surface area contributed by atoms with Gasteiger partial charge in [0.2, 0.25) is 0 Å². The summed E-state index contributed by atoms with van der Waals surface area (Å²) >= 11 is 0. The Hall–Kier alpha value is -2.10. The molecule has 0 saturated carbocycles. The van der Waals surface area contributed by atoms with Crippen molar-refractivity contribution in [2.45, 2.75) is 31.6 Å². The Bertz CT molecular complexity index is 657. The van der Waals surface area contributed by atoms with Crippen molar-refractivity contribution in [1.29, 1.82) is 0 Å². The number of aromatic nitrogens is 3. The highest BCUT2D eigenvalue weighted by Gasteiger charge is 2.37. The maximum absolute atomic E-state index is 12.8. The quantitative estimate of drug-likeness (QED) is 0.635. The molecule has 1 heterocycles. The zero-order valence-corrected chi connectivity index (χ0v) is 12.3. The predicted octanol–water partition coefficient (Wildman–Crippen LogP) is 3.79. The van der Waals surface area contributed by atoms with Gasteiger partial charge in [-0.2, -0.15) is 26.3 Å². The van der Waals surface area contributed by atoms with E-state index in [2.05, 4.69) is 15.2 Å². The summed E-state index contributed by atoms with van der Waals surface area (Å²) < 4.78 is 77.0. The molecule has 0 radical (unpaired) electrons. The number of benzene rings is 1. The molecule has 132 valence electrons. The van der Waals surface area contributed by atoms with Gasteiger partial charge in [-0.3, -0.25) is 0 Å². The van der Waals surface area contributed by atoms with E-state index in [1.807, 2.05) is 0 Å². The van der Waals surface area contributed by atoms with E-state index >= 15 is 0 Å². The molecule has 0 aliphatic rings. The summed E-state index contributed by atoms with van der Waals surface area (Å²) in [6, 6.07) is 1.29. The molecule has 1 aromatic heterocycles. The normalized spacial score (nSPS) is 12.6. The van der Waals surface area contributed by atoms with Crippen LogP contribution in [0, 0.1) is 0 Å². The average Bonchev–Trinajstić information content (AvgIpc) is 2.94. The third-order valence-corrected chi connectivity index (χ3v) is 3.26. The fourth-order valence-electron chi connectivity index (χ4n) is 2.07. The van der Waals surface area contributed by atoms with E-state index in [9.17, 15) is 26.3 Å². The van der Waals surface area contributed by atoms with Gasteiger partial charge in [0, 0.05) is 12.0 Å². The smallest absolute Gasteiger partial charge is 0.330 e. The Balaban J connectivity index is 2.39. The number of alkyl halides is 6. The van der Waals surface area contributed by atoms with Gasteiger partial charge in [-0.05, 0) is 37.6 Å². The van der Waals surface area contributed by atoms with Gasteiger partial charge in [-0.15, -0.1) is 10.2 Å². The first kappa shape index (κ1) is 18.2. The van der Waals surface area contributed by atoms with Crippen molar-refractivity contribution in [2.24, 2.45) is 5.73 Å². The number of rotatable bonds is 5. The summed E-state index contributed by atoms with van der Waals surface area (Å²) in [5.41, 5.74) is 2.23. The van der Waals surface area contributed by atoms with E-state index in [-0.39, 0.29) is 17.5 Å². The molecule has 1 aromatic carbocycles. The van der Waals surface area contributed by atoms with E-state index in [1.54, 1.807) is 0 Å². The number of halogens is 6. The Kier molecular flexibility index (Phi) is 5.16. The van der Waals surface area contributed by atoms with Crippen molar-refractivity contribution in [3.63, 3.8) is 0 Å². The van der Waals surface area contributed by atoms with E-state index in [0.29, 0.717) is 37.3 Å². The lowest BCUT2D eigenvalue weighted by molar-refractivity contribution is -0.143. The van der Waals surface area contributed by atoms with Crippen molar-refractivity contribution in [3.05, 3.63) is 35.2 Å². The maximum atomic E-state index is 12.8. The van der Waals surface area contributed by atoms with Crippen molar-refractivity contribution in [3.8, 4) is 11.4 Å². The van der Waals surface area contributed by atoms with Crippen molar-refractivity contribution in [2.75, 3.05) is 6.54 Å². The fraction of sp³-hybridized carbons (Fsp3) is 0.429. The van der Waals surface area contributed by atoms with Gasteiger partial charge in [0.05, 0.1) is 11.1 Å². The molecule has 4 nitrogen and oxygen atoms in total. The van der Waals surface area contributed by atoms with Crippen LogP contribution in [0.1, 0.15) is 29.8 Å². The van der Waals surface area contributed by atoms with Crippen LogP contribution < -0.4 is 5.73 Å². The zero-order valence-electron chi connectivity index (χ0n) is 12.3. The lowest BCUT2D eigenvalue weighted by Crippen LogP contribution is -2.11. The standard InChI is InChI=1S/C14H14F6N4/c15-13(16,17)9-5-8(6-10(7-9)14(18,19)20)12-22-11(23-24-12)3-1-2-4-21/h5-7H,1-4,21H2,(H,22,23,24). The highest BCUT2D eigenvalue weighted by atomic mass is 19.4. The molecule has 0 atom stereocenters. The Morgan fingerprint density at radius 3 is 1.96 bits per heavy atom. The Morgan fingerprint density at radius 2 is 1.46 bits per heavy atom. The van der Waals surface area contributed by atoms with E-state index in [1.165, 1.54) is 0 Å². The van der Waals surface area contributed by atoms with Gasteiger partial charge < -0.3 is 10.7 Å². The molecule has 24 heavy (non-hydrogen) atoms. The van der Waals surface area contributed by atoms with Gasteiger partial charge in [-0.1, -0.05) is 0 Å². The van der Waals surface area contributed by atoms with Gasteiger partial charge in [0.1, 0.15) is 5.82 Å². The molecular weight excluding hydrogens is 338 g/mol. The van der Waals surface area contributed by atoms with Crippen LogP contribution in [0.15, 0.2) is 18.2 Å². The summed E-state index contributed by atoms with van der Waals surface area (Å²) in [6.45, 7) is 0.476. The van der Waals surface area contributed by atoms with Gasteiger partial charge in [-0.25, -0.2) is 0 Å². The van der Waals surface area contributed by atoms with Crippen LogP contribution >= 0.6 is 0 Å². The number of nitrogens with one attached hydrogen (secondary N) is 1. The zero-order chi connectivity index (χ0) is 18.0. The number of nitrogens with zero attached hydrogens (tertiary/aromatic N) is 2. The van der Waals surface area contributed by atoms with Gasteiger partial charge in [0.25, 0.3) is 0 Å². The lowest BCUT2D eigenvalue weighted by atomic mass is 10.0. The summed E-state index contributed by atoms with van der Waals surface area (Å²) in [5.74, 6) is 0.235. The van der Waals surface area contributed by atoms with Crippen LogP contribution in [0.4, 0.5) is 26.3 Å². The van der Waals surface area contributed by atoms with E-state index in [4.69, 9.17) is 5.73 Å². The minimum atomic E-state index is -4.90. The summed E-state index contributed by atoms with van der Waals surface area (Å²) in [7, 11) is 0. The number of H-pyrrole nitrogens is 1. The Labute approximate surface area is 133 Å². The average molecular weight is 352 g/mol. The number of hydrogen-bond acceptors (Lipinski definition) is 3. The molecule has 2 rings (SSSR count). The minimum Gasteiger partial charge on any atom is -0.330 e. The fourth-order valence-corrected chi connectivity index (χ4v) is 2.07. The lowest BCUT2D eigenvalue weighted by Gasteiger charge is -2.13. The van der Waals surface area contributed by atoms with Crippen LogP contribution in [0.5, 0.6) is 0 Å². The minimum absolute atomic E-state index is 0.0715. The van der Waals surface area contributed by atoms with Crippen LogP contribution in [-0.4, -0.2) is 21.7 Å². The van der Waals surface area contributed by atoms with Crippen LogP contribution in [0.3, 0.4) is 0 Å². The molecule has 0 aliphatic heterocycles. The predicted molar refractivity (Wildman–Crippen MR) is 73.8 cm³/mol. The molecule has 0 unspecified atom stereocenters. The Morgan fingerprint density at radius 1 is 0.875 bits per heavy atom. The SMILES string of the molecule is NCCCCc1nnc(-c2cc(C(F)(F)F)cc(C(F)(F)F)c2)[nH]1. The van der Waals surface area contributed by atoms with Crippen molar-refractivity contribution >= 4 is 0 Å². The monoisotopic (exact) mass is 352 g/mol. The highest BCUT2D eigenvalue weighted by Crippen LogP contribution is 2.38. The molecule has 0 bridgehead atoms. The molecule has 0 aliphatic carbocycles. The third kappa shape index (κ3) is 4.47. The molecule has 0 spiro atoms. The molecule has 0 saturated heterocycles. The molecule has 0 fully saturated rings.